The number of alkyl halides is 1. The predicted molar refractivity (Wildman–Crippen MR) is 37.9 cm³/mol. The van der Waals surface area contributed by atoms with E-state index in [0.29, 0.717) is 5.88 Å². The van der Waals surface area contributed by atoms with Gasteiger partial charge in [-0.3, -0.25) is 0 Å². The topological polar surface area (TPSA) is 60.2 Å². The van der Waals surface area contributed by atoms with Crippen LogP contribution in [-0.2, 0) is 10.0 Å². The molecule has 0 aromatic rings. The fraction of sp³-hybridized carbons (Fsp3) is 1.00. The Labute approximate surface area is 60.2 Å². The zero-order valence-corrected chi connectivity index (χ0v) is 6.74. The molecule has 0 aliphatic heterocycles. The lowest BCUT2D eigenvalue weighted by molar-refractivity contribution is 0.585. The highest BCUT2D eigenvalue weighted by atomic mass is 35.5. The fourth-order valence-corrected chi connectivity index (χ4v) is 1.59. The molecule has 0 heterocycles. The molecule has 0 aromatic heterocycles. The first-order valence-corrected chi connectivity index (χ1v) is 4.77. The summed E-state index contributed by atoms with van der Waals surface area (Å²) in [6.45, 7) is 1.73. The molecular weight excluding hydrogens is 162 g/mol. The monoisotopic (exact) mass is 171 g/mol. The van der Waals surface area contributed by atoms with E-state index in [1.54, 1.807) is 6.92 Å². The molecule has 5 heteroatoms. The molecule has 0 saturated carbocycles. The molecule has 0 aromatic carbocycles. The van der Waals surface area contributed by atoms with Gasteiger partial charge in [-0.1, -0.05) is 6.92 Å². The van der Waals surface area contributed by atoms with Crippen LogP contribution in [0.3, 0.4) is 0 Å². The summed E-state index contributed by atoms with van der Waals surface area (Å²) >= 11 is 5.34. The molecule has 0 fully saturated rings. The SMILES string of the molecule is C[C@@H](CCl)CS(N)(=O)=O. The molecule has 3 nitrogen and oxygen atoms in total. The van der Waals surface area contributed by atoms with Crippen LogP contribution in [0.4, 0.5) is 0 Å². The smallest absolute Gasteiger partial charge is 0.209 e. The number of rotatable bonds is 3. The van der Waals surface area contributed by atoms with Crippen LogP contribution in [0.1, 0.15) is 6.92 Å². The van der Waals surface area contributed by atoms with Crippen molar-refractivity contribution in [2.24, 2.45) is 11.1 Å². The van der Waals surface area contributed by atoms with Crippen LogP contribution >= 0.6 is 11.6 Å². The Morgan fingerprint density at radius 3 is 2.22 bits per heavy atom. The second-order valence-corrected chi connectivity index (χ2v) is 4.06. The van der Waals surface area contributed by atoms with Gasteiger partial charge in [0.25, 0.3) is 0 Å². The van der Waals surface area contributed by atoms with Gasteiger partial charge in [0.05, 0.1) is 5.75 Å². The van der Waals surface area contributed by atoms with E-state index in [1.165, 1.54) is 0 Å². The van der Waals surface area contributed by atoms with Crippen LogP contribution in [0.2, 0.25) is 0 Å². The van der Waals surface area contributed by atoms with Gasteiger partial charge in [-0.15, -0.1) is 11.6 Å². The molecule has 0 spiro atoms. The first kappa shape index (κ1) is 9.20. The minimum atomic E-state index is -3.32. The quantitative estimate of drug-likeness (QED) is 0.615. The van der Waals surface area contributed by atoms with E-state index in [2.05, 4.69) is 0 Å². The summed E-state index contributed by atoms with van der Waals surface area (Å²) in [7, 11) is -3.32. The third kappa shape index (κ3) is 6.08. The molecule has 0 aliphatic carbocycles. The van der Waals surface area contributed by atoms with E-state index in [0.717, 1.165) is 0 Å². The minimum Gasteiger partial charge on any atom is -0.229 e. The first-order chi connectivity index (χ1) is 3.95. The van der Waals surface area contributed by atoms with Crippen molar-refractivity contribution in [3.05, 3.63) is 0 Å². The Bertz CT molecular complexity index is 165. The van der Waals surface area contributed by atoms with Crippen molar-refractivity contribution in [3.63, 3.8) is 0 Å². The van der Waals surface area contributed by atoms with Gasteiger partial charge in [-0.2, -0.15) is 0 Å². The van der Waals surface area contributed by atoms with Crippen LogP contribution in [0.5, 0.6) is 0 Å². The summed E-state index contributed by atoms with van der Waals surface area (Å²) in [6, 6.07) is 0. The van der Waals surface area contributed by atoms with Crippen molar-refractivity contribution in [3.8, 4) is 0 Å². The molecule has 0 radical (unpaired) electrons. The number of primary sulfonamides is 1. The van der Waals surface area contributed by atoms with Gasteiger partial charge in [-0.25, -0.2) is 13.6 Å². The second kappa shape index (κ2) is 3.39. The van der Waals surface area contributed by atoms with Crippen molar-refractivity contribution < 1.29 is 8.42 Å². The summed E-state index contributed by atoms with van der Waals surface area (Å²) in [5.74, 6) is 0.245. The lowest BCUT2D eigenvalue weighted by atomic mass is 10.3. The third-order valence-corrected chi connectivity index (χ3v) is 2.34. The maximum Gasteiger partial charge on any atom is 0.209 e. The molecule has 0 aliphatic rings. The number of halogens is 1. The molecule has 0 unspecified atom stereocenters. The number of sulfonamides is 1. The van der Waals surface area contributed by atoms with E-state index >= 15 is 0 Å². The Morgan fingerprint density at radius 2 is 2.11 bits per heavy atom. The number of hydrogen-bond acceptors (Lipinski definition) is 2. The molecule has 56 valence electrons. The van der Waals surface area contributed by atoms with Gasteiger partial charge in [0.2, 0.25) is 10.0 Å². The highest BCUT2D eigenvalue weighted by Gasteiger charge is 2.08. The van der Waals surface area contributed by atoms with Crippen LogP contribution in [0.25, 0.3) is 0 Å². The summed E-state index contributed by atoms with van der Waals surface area (Å²) in [5, 5.41) is 4.73. The van der Waals surface area contributed by atoms with E-state index in [4.69, 9.17) is 16.7 Å². The normalized spacial score (nSPS) is 15.4. The van der Waals surface area contributed by atoms with Crippen LogP contribution < -0.4 is 5.14 Å². The summed E-state index contributed by atoms with van der Waals surface area (Å²) in [4.78, 5) is 0. The van der Waals surface area contributed by atoms with Gasteiger partial charge in [0, 0.05) is 5.88 Å². The van der Waals surface area contributed by atoms with Crippen LogP contribution in [0, 0.1) is 5.92 Å². The van der Waals surface area contributed by atoms with Crippen molar-refractivity contribution in [2.75, 3.05) is 11.6 Å². The highest BCUT2D eigenvalue weighted by Crippen LogP contribution is 1.99. The Morgan fingerprint density at radius 1 is 1.67 bits per heavy atom. The molecule has 9 heavy (non-hydrogen) atoms. The van der Waals surface area contributed by atoms with E-state index < -0.39 is 10.0 Å². The second-order valence-electron chi connectivity index (χ2n) is 2.09. The standard InChI is InChI=1S/C4H10ClNO2S/c1-4(2-5)3-9(6,7)8/h4H,2-3H2,1H3,(H2,6,7,8)/t4-/m0/s1. The molecule has 1 atom stereocenters. The van der Waals surface area contributed by atoms with Crippen LogP contribution in [0.15, 0.2) is 0 Å². The van der Waals surface area contributed by atoms with E-state index in [1.807, 2.05) is 0 Å². The maximum absolute atomic E-state index is 10.3. The summed E-state index contributed by atoms with van der Waals surface area (Å²) in [5.41, 5.74) is 0. The Hall–Kier alpha value is 0.200. The highest BCUT2D eigenvalue weighted by molar-refractivity contribution is 7.89. The molecule has 0 bridgehead atoms. The largest absolute Gasteiger partial charge is 0.229 e. The Kier molecular flexibility index (Phi) is 3.46. The zero-order valence-electron chi connectivity index (χ0n) is 5.17. The molecular formula is C4H10ClNO2S. The van der Waals surface area contributed by atoms with Crippen LogP contribution in [-0.4, -0.2) is 20.1 Å². The van der Waals surface area contributed by atoms with Crippen molar-refractivity contribution in [2.45, 2.75) is 6.92 Å². The lowest BCUT2D eigenvalue weighted by Gasteiger charge is -2.02. The van der Waals surface area contributed by atoms with Gasteiger partial charge in [0.1, 0.15) is 0 Å². The van der Waals surface area contributed by atoms with Gasteiger partial charge in [-0.05, 0) is 5.92 Å². The average Bonchev–Trinajstić information content (AvgIpc) is 1.62. The van der Waals surface area contributed by atoms with E-state index in [9.17, 15) is 8.42 Å². The first-order valence-electron chi connectivity index (χ1n) is 2.52. The average molecular weight is 172 g/mol. The molecule has 0 amide bonds. The molecule has 0 rings (SSSR count). The third-order valence-electron chi connectivity index (χ3n) is 0.780. The van der Waals surface area contributed by atoms with Gasteiger partial charge < -0.3 is 0 Å². The molecule has 2 N–H and O–H groups in total. The minimum absolute atomic E-state index is 0.0312. The van der Waals surface area contributed by atoms with Crippen molar-refractivity contribution in [1.82, 2.24) is 0 Å². The Balaban J connectivity index is 3.75. The summed E-state index contributed by atoms with van der Waals surface area (Å²) < 4.78 is 20.6. The number of hydrogen-bond donors (Lipinski definition) is 1. The number of nitrogens with two attached hydrogens (primary N) is 1. The van der Waals surface area contributed by atoms with E-state index in [-0.39, 0.29) is 11.7 Å². The lowest BCUT2D eigenvalue weighted by Crippen LogP contribution is -2.22. The van der Waals surface area contributed by atoms with Crippen molar-refractivity contribution in [1.29, 1.82) is 0 Å². The van der Waals surface area contributed by atoms with Crippen molar-refractivity contribution >= 4 is 21.6 Å². The predicted octanol–water partition coefficient (Wildman–Crippen LogP) is 0.150. The fourth-order valence-electron chi connectivity index (χ4n) is 0.441. The summed E-state index contributed by atoms with van der Waals surface area (Å²) in [6.07, 6.45) is 0. The van der Waals surface area contributed by atoms with Gasteiger partial charge in [0.15, 0.2) is 0 Å². The maximum atomic E-state index is 10.3. The zero-order chi connectivity index (χ0) is 7.49. The molecule has 0 saturated heterocycles. The van der Waals surface area contributed by atoms with Gasteiger partial charge >= 0.3 is 0 Å².